The summed E-state index contributed by atoms with van der Waals surface area (Å²) >= 11 is 1.74. The fourth-order valence-corrected chi connectivity index (χ4v) is 2.37. The van der Waals surface area contributed by atoms with Crippen LogP contribution in [-0.2, 0) is 6.54 Å². The first kappa shape index (κ1) is 19.4. The molecule has 1 aliphatic heterocycles. The van der Waals surface area contributed by atoms with Crippen LogP contribution >= 0.6 is 11.8 Å². The summed E-state index contributed by atoms with van der Waals surface area (Å²) in [6.45, 7) is 2.82. The second-order valence-corrected chi connectivity index (χ2v) is 6.59. The van der Waals surface area contributed by atoms with Gasteiger partial charge in [-0.1, -0.05) is 6.92 Å². The van der Waals surface area contributed by atoms with Crippen molar-refractivity contribution in [1.82, 2.24) is 10.6 Å². The van der Waals surface area contributed by atoms with E-state index >= 15 is 0 Å². The largest absolute Gasteiger partial charge is 0.454 e. The molecule has 25 heavy (non-hydrogen) atoms. The van der Waals surface area contributed by atoms with Gasteiger partial charge in [0, 0.05) is 30.0 Å². The van der Waals surface area contributed by atoms with Gasteiger partial charge in [0.2, 0.25) is 6.79 Å². The van der Waals surface area contributed by atoms with Crippen LogP contribution in [0.1, 0.15) is 19.4 Å². The Labute approximate surface area is 150 Å². The number of alkyl halides is 2. The van der Waals surface area contributed by atoms with Crippen LogP contribution in [0.3, 0.4) is 0 Å². The summed E-state index contributed by atoms with van der Waals surface area (Å²) < 4.78 is 40.4. The van der Waals surface area contributed by atoms with E-state index in [-0.39, 0.29) is 19.1 Å². The molecule has 0 bridgehead atoms. The van der Waals surface area contributed by atoms with E-state index in [2.05, 4.69) is 27.3 Å². The number of rotatable bonds is 8. The van der Waals surface area contributed by atoms with Gasteiger partial charge in [0.25, 0.3) is 0 Å². The van der Waals surface area contributed by atoms with Gasteiger partial charge in [-0.2, -0.15) is 20.5 Å². The summed E-state index contributed by atoms with van der Waals surface area (Å²) in [7, 11) is 0. The van der Waals surface area contributed by atoms with Crippen LogP contribution in [0.25, 0.3) is 0 Å². The topological polar surface area (TPSA) is 64.1 Å². The van der Waals surface area contributed by atoms with Crippen molar-refractivity contribution in [1.29, 1.82) is 0 Å². The molecule has 1 aromatic carbocycles. The maximum atomic E-state index is 12.7. The van der Waals surface area contributed by atoms with Crippen LogP contribution in [-0.4, -0.2) is 44.0 Å². The van der Waals surface area contributed by atoms with Crippen molar-refractivity contribution < 1.29 is 23.0 Å². The lowest BCUT2D eigenvalue weighted by molar-refractivity contribution is -0.0505. The standard InChI is InChI=1S/C16H23F2N3O3S/c1-4-19-16(20-7-10(2)25-3)21-8-11-5-13-14(23-9-22-13)6-12(11)24-15(17)18/h5-6,10,15H,4,7-9H2,1-3H3,(H2,19,20,21). The summed E-state index contributed by atoms with van der Waals surface area (Å²) in [5.74, 6) is 1.54. The summed E-state index contributed by atoms with van der Waals surface area (Å²) in [4.78, 5) is 4.45. The Morgan fingerprint density at radius 3 is 2.68 bits per heavy atom. The summed E-state index contributed by atoms with van der Waals surface area (Å²) in [5, 5.41) is 6.78. The number of halogens is 2. The highest BCUT2D eigenvalue weighted by atomic mass is 32.2. The van der Waals surface area contributed by atoms with Gasteiger partial charge in [0.05, 0.1) is 6.54 Å². The Balaban J connectivity index is 2.15. The maximum absolute atomic E-state index is 12.7. The fourth-order valence-electron chi connectivity index (χ4n) is 2.12. The monoisotopic (exact) mass is 375 g/mol. The predicted octanol–water partition coefficient (Wildman–Crippen LogP) is 2.82. The van der Waals surface area contributed by atoms with Crippen molar-refractivity contribution in [2.24, 2.45) is 4.99 Å². The zero-order valence-electron chi connectivity index (χ0n) is 14.5. The third-order valence-electron chi connectivity index (χ3n) is 3.48. The molecule has 9 heteroatoms. The van der Waals surface area contributed by atoms with Gasteiger partial charge in [0.15, 0.2) is 17.5 Å². The molecular formula is C16H23F2N3O3S. The molecule has 1 aromatic rings. The second-order valence-electron chi connectivity index (χ2n) is 5.31. The lowest BCUT2D eigenvalue weighted by atomic mass is 10.1. The quantitative estimate of drug-likeness (QED) is 0.538. The molecule has 1 unspecified atom stereocenters. The first-order chi connectivity index (χ1) is 12.0. The third-order valence-corrected chi connectivity index (χ3v) is 4.45. The van der Waals surface area contributed by atoms with Crippen molar-refractivity contribution in [2.45, 2.75) is 32.3 Å². The molecular weight excluding hydrogens is 352 g/mol. The zero-order valence-corrected chi connectivity index (χ0v) is 15.3. The Morgan fingerprint density at radius 1 is 1.32 bits per heavy atom. The molecule has 0 saturated heterocycles. The van der Waals surface area contributed by atoms with Crippen LogP contribution in [0.4, 0.5) is 8.78 Å². The number of aliphatic imine (C=N–C) groups is 1. The number of fused-ring (bicyclic) bond motifs is 1. The van der Waals surface area contributed by atoms with Crippen molar-refractivity contribution >= 4 is 17.7 Å². The van der Waals surface area contributed by atoms with Gasteiger partial charge < -0.3 is 24.8 Å². The molecule has 6 nitrogen and oxygen atoms in total. The van der Waals surface area contributed by atoms with Gasteiger partial charge in [-0.05, 0) is 19.2 Å². The van der Waals surface area contributed by atoms with E-state index in [0.29, 0.717) is 34.8 Å². The van der Waals surface area contributed by atoms with E-state index in [0.717, 1.165) is 6.54 Å². The Morgan fingerprint density at radius 2 is 2.04 bits per heavy atom. The number of thioether (sulfide) groups is 1. The van der Waals surface area contributed by atoms with E-state index < -0.39 is 6.61 Å². The normalized spacial score (nSPS) is 14.6. The predicted molar refractivity (Wildman–Crippen MR) is 95.0 cm³/mol. The molecule has 1 atom stereocenters. The first-order valence-electron chi connectivity index (χ1n) is 7.95. The Bertz CT molecular complexity index is 602. The number of nitrogens with one attached hydrogen (secondary N) is 2. The zero-order chi connectivity index (χ0) is 18.2. The number of benzene rings is 1. The van der Waals surface area contributed by atoms with E-state index in [1.807, 2.05) is 13.2 Å². The Kier molecular flexibility index (Phi) is 7.42. The van der Waals surface area contributed by atoms with Crippen molar-refractivity contribution in [2.75, 3.05) is 26.1 Å². The van der Waals surface area contributed by atoms with Gasteiger partial charge in [-0.25, -0.2) is 4.99 Å². The minimum absolute atomic E-state index is 0.0383. The van der Waals surface area contributed by atoms with E-state index in [9.17, 15) is 8.78 Å². The lowest BCUT2D eigenvalue weighted by Crippen LogP contribution is -2.40. The Hall–Kier alpha value is -1.90. The van der Waals surface area contributed by atoms with Crippen LogP contribution in [0.15, 0.2) is 17.1 Å². The van der Waals surface area contributed by atoms with Crippen LogP contribution in [0.2, 0.25) is 0 Å². The van der Waals surface area contributed by atoms with Gasteiger partial charge in [0.1, 0.15) is 5.75 Å². The van der Waals surface area contributed by atoms with Gasteiger partial charge in [-0.3, -0.25) is 0 Å². The van der Waals surface area contributed by atoms with Crippen molar-refractivity contribution in [3.8, 4) is 17.2 Å². The molecule has 0 aliphatic carbocycles. The summed E-state index contributed by atoms with van der Waals surface area (Å²) in [6, 6.07) is 3.03. The molecule has 0 spiro atoms. The molecule has 0 amide bonds. The molecule has 0 radical (unpaired) electrons. The van der Waals surface area contributed by atoms with E-state index in [1.165, 1.54) is 6.07 Å². The van der Waals surface area contributed by atoms with Gasteiger partial charge in [-0.15, -0.1) is 0 Å². The average Bonchev–Trinajstić information content (AvgIpc) is 3.03. The third kappa shape index (κ3) is 5.84. The number of ether oxygens (including phenoxy) is 3. The minimum atomic E-state index is -2.92. The van der Waals surface area contributed by atoms with Crippen LogP contribution in [0.5, 0.6) is 17.2 Å². The van der Waals surface area contributed by atoms with Crippen LogP contribution < -0.4 is 24.8 Å². The highest BCUT2D eigenvalue weighted by Crippen LogP contribution is 2.38. The molecule has 2 N–H and O–H groups in total. The average molecular weight is 375 g/mol. The van der Waals surface area contributed by atoms with Crippen molar-refractivity contribution in [3.63, 3.8) is 0 Å². The molecule has 0 fully saturated rings. The fraction of sp³-hybridized carbons (Fsp3) is 0.562. The maximum Gasteiger partial charge on any atom is 0.387 e. The molecule has 140 valence electrons. The number of hydrogen-bond acceptors (Lipinski definition) is 5. The number of nitrogens with zero attached hydrogens (tertiary/aromatic N) is 1. The molecule has 0 saturated carbocycles. The van der Waals surface area contributed by atoms with Gasteiger partial charge >= 0.3 is 6.61 Å². The molecule has 1 heterocycles. The first-order valence-corrected chi connectivity index (χ1v) is 9.24. The second kappa shape index (κ2) is 9.55. The highest BCUT2D eigenvalue weighted by Gasteiger charge is 2.20. The minimum Gasteiger partial charge on any atom is -0.454 e. The van der Waals surface area contributed by atoms with Crippen LogP contribution in [0, 0.1) is 0 Å². The van der Waals surface area contributed by atoms with E-state index in [1.54, 1.807) is 17.8 Å². The summed E-state index contributed by atoms with van der Waals surface area (Å²) in [5.41, 5.74) is 0.500. The molecule has 0 aromatic heterocycles. The lowest BCUT2D eigenvalue weighted by Gasteiger charge is -2.15. The van der Waals surface area contributed by atoms with E-state index in [4.69, 9.17) is 9.47 Å². The van der Waals surface area contributed by atoms with Crippen molar-refractivity contribution in [3.05, 3.63) is 17.7 Å². The SMILES string of the molecule is CCNC(=NCc1cc2c(cc1OC(F)F)OCO2)NCC(C)SC. The molecule has 2 rings (SSSR count). The summed E-state index contributed by atoms with van der Waals surface area (Å²) in [6.07, 6.45) is 2.04. The number of hydrogen-bond donors (Lipinski definition) is 2. The number of guanidine groups is 1. The smallest absolute Gasteiger partial charge is 0.387 e. The highest BCUT2D eigenvalue weighted by molar-refractivity contribution is 7.99. The molecule has 1 aliphatic rings.